The van der Waals surface area contributed by atoms with Gasteiger partial charge in [0, 0.05) is 31.4 Å². The predicted molar refractivity (Wildman–Crippen MR) is 69.7 cm³/mol. The Bertz CT molecular complexity index is 355. The van der Waals surface area contributed by atoms with Crippen LogP contribution in [0.2, 0.25) is 0 Å². The lowest BCUT2D eigenvalue weighted by Gasteiger charge is -2.25. The molecule has 0 saturated carbocycles. The van der Waals surface area contributed by atoms with Crippen LogP contribution in [-0.2, 0) is 6.54 Å². The van der Waals surface area contributed by atoms with Crippen molar-refractivity contribution in [3.63, 3.8) is 0 Å². The molecule has 0 radical (unpaired) electrons. The summed E-state index contributed by atoms with van der Waals surface area (Å²) in [5.41, 5.74) is 0.673. The van der Waals surface area contributed by atoms with Gasteiger partial charge in [0.05, 0.1) is 0 Å². The lowest BCUT2D eigenvalue weighted by Crippen LogP contribution is -2.30. The molecule has 0 fully saturated rings. The normalized spacial score (nSPS) is 12.5. The first kappa shape index (κ1) is 13.9. The van der Waals surface area contributed by atoms with Crippen molar-refractivity contribution in [2.75, 3.05) is 18.5 Å². The molecule has 0 spiro atoms. The fraction of sp³-hybridized carbons (Fsp3) is 0.615. The van der Waals surface area contributed by atoms with Gasteiger partial charge in [0.1, 0.15) is 0 Å². The zero-order valence-electron chi connectivity index (χ0n) is 11.1. The van der Waals surface area contributed by atoms with E-state index < -0.39 is 0 Å². The fourth-order valence-electron chi connectivity index (χ4n) is 1.60. The second-order valence-electron chi connectivity index (χ2n) is 4.26. The summed E-state index contributed by atoms with van der Waals surface area (Å²) in [5.74, 6) is 0.228. The van der Waals surface area contributed by atoms with Crippen LogP contribution in [0.3, 0.4) is 0 Å². The number of nitrogens with one attached hydrogen (secondary N) is 1. The summed E-state index contributed by atoms with van der Waals surface area (Å²) in [6.07, 6.45) is 2.64. The first-order valence-electron chi connectivity index (χ1n) is 6.18. The first-order chi connectivity index (χ1) is 8.11. The van der Waals surface area contributed by atoms with Gasteiger partial charge in [-0.1, -0.05) is 13.8 Å². The van der Waals surface area contributed by atoms with Crippen molar-refractivity contribution in [3.8, 4) is 0 Å². The van der Waals surface area contributed by atoms with Gasteiger partial charge in [0.15, 0.2) is 11.6 Å². The molecule has 0 aliphatic carbocycles. The number of hydrogen-bond donors (Lipinski definition) is 1. The number of pyridine rings is 1. The molecule has 1 unspecified atom stereocenters. The summed E-state index contributed by atoms with van der Waals surface area (Å²) in [6, 6.07) is 2.01. The van der Waals surface area contributed by atoms with E-state index in [9.17, 15) is 4.39 Å². The number of hydrogen-bond acceptors (Lipinski definition) is 3. The van der Waals surface area contributed by atoms with Crippen molar-refractivity contribution >= 4 is 5.82 Å². The molecule has 1 heterocycles. The van der Waals surface area contributed by atoms with E-state index in [1.807, 2.05) is 18.9 Å². The highest BCUT2D eigenvalue weighted by atomic mass is 19.1. The van der Waals surface area contributed by atoms with E-state index in [-0.39, 0.29) is 11.9 Å². The Morgan fingerprint density at radius 3 is 2.76 bits per heavy atom. The standard InChI is InChI=1S/C13H22FN3/c1-5-10(3)17(4)13-12(14)11(7-8-16-13)9-15-6-2/h7-8,10,15H,5-6,9H2,1-4H3. The van der Waals surface area contributed by atoms with Gasteiger partial charge in [-0.25, -0.2) is 9.37 Å². The van der Waals surface area contributed by atoms with Gasteiger partial charge in [-0.2, -0.15) is 0 Å². The molecule has 1 rings (SSSR count). The van der Waals surface area contributed by atoms with Crippen LogP contribution >= 0.6 is 0 Å². The third-order valence-electron chi connectivity index (χ3n) is 3.10. The van der Waals surface area contributed by atoms with Crippen LogP contribution in [-0.4, -0.2) is 24.6 Å². The smallest absolute Gasteiger partial charge is 0.170 e. The molecule has 17 heavy (non-hydrogen) atoms. The molecule has 96 valence electrons. The average molecular weight is 239 g/mol. The Hall–Kier alpha value is -1.16. The molecular weight excluding hydrogens is 217 g/mol. The highest BCUT2D eigenvalue weighted by molar-refractivity contribution is 5.43. The van der Waals surface area contributed by atoms with Crippen LogP contribution in [0, 0.1) is 5.82 Å². The summed E-state index contributed by atoms with van der Waals surface area (Å²) >= 11 is 0. The largest absolute Gasteiger partial charge is 0.355 e. The van der Waals surface area contributed by atoms with Crippen molar-refractivity contribution < 1.29 is 4.39 Å². The van der Waals surface area contributed by atoms with Crippen LogP contribution in [0.1, 0.15) is 32.8 Å². The van der Waals surface area contributed by atoms with E-state index in [1.165, 1.54) is 0 Å². The lowest BCUT2D eigenvalue weighted by molar-refractivity contribution is 0.567. The van der Waals surface area contributed by atoms with E-state index in [0.29, 0.717) is 17.9 Å². The Kier molecular flexibility index (Phi) is 5.35. The number of anilines is 1. The minimum Gasteiger partial charge on any atom is -0.355 e. The summed E-state index contributed by atoms with van der Waals surface area (Å²) in [5, 5.41) is 3.13. The van der Waals surface area contributed by atoms with Crippen molar-refractivity contribution in [2.45, 2.75) is 39.8 Å². The molecule has 0 aliphatic rings. The molecular formula is C13H22FN3. The van der Waals surface area contributed by atoms with Crippen molar-refractivity contribution in [1.82, 2.24) is 10.3 Å². The summed E-state index contributed by atoms with van der Waals surface area (Å²) in [6.45, 7) is 7.54. The van der Waals surface area contributed by atoms with Crippen molar-refractivity contribution in [2.24, 2.45) is 0 Å². The van der Waals surface area contributed by atoms with Gasteiger partial charge in [-0.05, 0) is 26.0 Å². The van der Waals surface area contributed by atoms with Crippen LogP contribution in [0.25, 0.3) is 0 Å². The molecule has 1 N–H and O–H groups in total. The van der Waals surface area contributed by atoms with E-state index in [0.717, 1.165) is 13.0 Å². The molecule has 0 saturated heterocycles. The van der Waals surface area contributed by atoms with Crippen LogP contribution in [0.15, 0.2) is 12.3 Å². The fourth-order valence-corrected chi connectivity index (χ4v) is 1.60. The predicted octanol–water partition coefficient (Wildman–Crippen LogP) is 2.56. The van der Waals surface area contributed by atoms with Gasteiger partial charge in [0.2, 0.25) is 0 Å². The van der Waals surface area contributed by atoms with E-state index >= 15 is 0 Å². The highest BCUT2D eigenvalue weighted by Gasteiger charge is 2.16. The van der Waals surface area contributed by atoms with Crippen LogP contribution < -0.4 is 10.2 Å². The zero-order chi connectivity index (χ0) is 12.8. The van der Waals surface area contributed by atoms with Gasteiger partial charge < -0.3 is 10.2 Å². The number of rotatable bonds is 6. The molecule has 1 aromatic rings. The molecule has 1 aromatic heterocycles. The number of aromatic nitrogens is 1. The minimum atomic E-state index is -0.212. The molecule has 0 aromatic carbocycles. The lowest BCUT2D eigenvalue weighted by atomic mass is 10.2. The van der Waals surface area contributed by atoms with Crippen molar-refractivity contribution in [1.29, 1.82) is 0 Å². The summed E-state index contributed by atoms with van der Waals surface area (Å²) in [4.78, 5) is 6.03. The van der Waals surface area contributed by atoms with E-state index in [1.54, 1.807) is 12.3 Å². The first-order valence-corrected chi connectivity index (χ1v) is 6.18. The Morgan fingerprint density at radius 2 is 2.18 bits per heavy atom. The minimum absolute atomic E-state index is 0.212. The third kappa shape index (κ3) is 3.40. The van der Waals surface area contributed by atoms with Gasteiger partial charge >= 0.3 is 0 Å². The number of nitrogens with zero attached hydrogens (tertiary/aromatic N) is 2. The second kappa shape index (κ2) is 6.55. The SMILES string of the molecule is CCNCc1ccnc(N(C)C(C)CC)c1F. The Balaban J connectivity index is 2.93. The highest BCUT2D eigenvalue weighted by Crippen LogP contribution is 2.20. The summed E-state index contributed by atoms with van der Waals surface area (Å²) < 4.78 is 14.2. The monoisotopic (exact) mass is 239 g/mol. The van der Waals surface area contributed by atoms with Crippen LogP contribution in [0.4, 0.5) is 10.2 Å². The van der Waals surface area contributed by atoms with Gasteiger partial charge in [0.25, 0.3) is 0 Å². The van der Waals surface area contributed by atoms with Gasteiger partial charge in [-0.3, -0.25) is 0 Å². The van der Waals surface area contributed by atoms with Crippen molar-refractivity contribution in [3.05, 3.63) is 23.6 Å². The number of halogens is 1. The van der Waals surface area contributed by atoms with E-state index in [4.69, 9.17) is 0 Å². The van der Waals surface area contributed by atoms with E-state index in [2.05, 4.69) is 24.1 Å². The molecule has 1 atom stereocenters. The maximum atomic E-state index is 14.2. The zero-order valence-corrected chi connectivity index (χ0v) is 11.1. The molecule has 0 aliphatic heterocycles. The molecule has 3 nitrogen and oxygen atoms in total. The Morgan fingerprint density at radius 1 is 1.47 bits per heavy atom. The van der Waals surface area contributed by atoms with Gasteiger partial charge in [-0.15, -0.1) is 0 Å². The van der Waals surface area contributed by atoms with Crippen LogP contribution in [0.5, 0.6) is 0 Å². The topological polar surface area (TPSA) is 28.2 Å². The maximum Gasteiger partial charge on any atom is 0.170 e. The second-order valence-corrected chi connectivity index (χ2v) is 4.26. The molecule has 4 heteroatoms. The average Bonchev–Trinajstić information content (AvgIpc) is 2.35. The quantitative estimate of drug-likeness (QED) is 0.827. The third-order valence-corrected chi connectivity index (χ3v) is 3.10. The maximum absolute atomic E-state index is 14.2. The molecule has 0 amide bonds. The Labute approximate surface area is 103 Å². The summed E-state index contributed by atoms with van der Waals surface area (Å²) in [7, 11) is 1.89. The molecule has 0 bridgehead atoms.